The van der Waals surface area contributed by atoms with Crippen LogP contribution < -0.4 is 4.74 Å². The van der Waals surface area contributed by atoms with Crippen LogP contribution in [0.2, 0.25) is 0 Å². The normalized spacial score (nSPS) is 10.6. The van der Waals surface area contributed by atoms with E-state index in [-0.39, 0.29) is 17.4 Å². The Hall–Kier alpha value is -1.20. The molecule has 19 heavy (non-hydrogen) atoms. The molecule has 0 aliphatic carbocycles. The summed E-state index contributed by atoms with van der Waals surface area (Å²) in [7, 11) is 0. The van der Waals surface area contributed by atoms with Crippen LogP contribution in [-0.4, -0.2) is 0 Å². The van der Waals surface area contributed by atoms with Crippen molar-refractivity contribution in [1.82, 2.24) is 0 Å². The number of alkyl halides is 1. The van der Waals surface area contributed by atoms with Gasteiger partial charge in [-0.2, -0.15) is 4.39 Å². The number of hydrogen-bond donors (Lipinski definition) is 0. The van der Waals surface area contributed by atoms with Gasteiger partial charge in [-0.15, -0.1) is 11.6 Å². The summed E-state index contributed by atoms with van der Waals surface area (Å²) < 4.78 is 45.4. The van der Waals surface area contributed by atoms with Crippen molar-refractivity contribution in [2.45, 2.75) is 5.88 Å². The lowest BCUT2D eigenvalue weighted by Crippen LogP contribution is -1.95. The third-order valence-electron chi connectivity index (χ3n) is 2.35. The summed E-state index contributed by atoms with van der Waals surface area (Å²) in [6, 6.07) is 5.90. The van der Waals surface area contributed by atoms with E-state index in [4.69, 9.17) is 16.3 Å². The van der Waals surface area contributed by atoms with Crippen molar-refractivity contribution >= 4 is 27.5 Å². The predicted molar refractivity (Wildman–Crippen MR) is 70.1 cm³/mol. The third kappa shape index (κ3) is 3.22. The molecule has 0 aromatic heterocycles. The lowest BCUT2D eigenvalue weighted by Gasteiger charge is -2.11. The molecule has 0 saturated heterocycles. The molecule has 0 aliphatic heterocycles. The van der Waals surface area contributed by atoms with Crippen molar-refractivity contribution in [3.05, 3.63) is 57.8 Å². The smallest absolute Gasteiger partial charge is 0.201 e. The van der Waals surface area contributed by atoms with Gasteiger partial charge in [0.25, 0.3) is 0 Å². The zero-order valence-electron chi connectivity index (χ0n) is 9.39. The van der Waals surface area contributed by atoms with Crippen molar-refractivity contribution in [2.24, 2.45) is 0 Å². The number of hydrogen-bond acceptors (Lipinski definition) is 1. The van der Waals surface area contributed by atoms with Crippen LogP contribution in [0.25, 0.3) is 0 Å². The Morgan fingerprint density at radius 3 is 2.47 bits per heavy atom. The van der Waals surface area contributed by atoms with Crippen LogP contribution in [0.1, 0.15) is 5.56 Å². The van der Waals surface area contributed by atoms with Crippen molar-refractivity contribution < 1.29 is 17.9 Å². The van der Waals surface area contributed by atoms with E-state index in [1.54, 1.807) is 0 Å². The minimum atomic E-state index is -1.12. The van der Waals surface area contributed by atoms with E-state index in [0.717, 1.165) is 12.1 Å². The summed E-state index contributed by atoms with van der Waals surface area (Å²) in [6.45, 7) is 0. The molecule has 0 amide bonds. The monoisotopic (exact) mass is 350 g/mol. The molecule has 0 bridgehead atoms. The second kappa shape index (κ2) is 5.84. The van der Waals surface area contributed by atoms with Gasteiger partial charge in [0.2, 0.25) is 5.82 Å². The highest BCUT2D eigenvalue weighted by Gasteiger charge is 2.14. The molecule has 0 unspecified atom stereocenters. The van der Waals surface area contributed by atoms with Gasteiger partial charge in [-0.3, -0.25) is 0 Å². The molecule has 6 heteroatoms. The molecule has 2 rings (SSSR count). The van der Waals surface area contributed by atoms with Crippen LogP contribution in [0.5, 0.6) is 11.5 Å². The number of rotatable bonds is 3. The van der Waals surface area contributed by atoms with E-state index < -0.39 is 17.5 Å². The summed E-state index contributed by atoms with van der Waals surface area (Å²) in [5.41, 5.74) is 0.349. The Morgan fingerprint density at radius 2 is 1.79 bits per heavy atom. The second-order valence-electron chi connectivity index (χ2n) is 3.69. The van der Waals surface area contributed by atoms with Crippen LogP contribution in [0.3, 0.4) is 0 Å². The second-order valence-corrected chi connectivity index (χ2v) is 4.87. The maximum Gasteiger partial charge on any atom is 0.201 e. The molecule has 0 saturated carbocycles. The molecule has 0 spiro atoms. The molecule has 0 fully saturated rings. The Balaban J connectivity index is 2.41. The zero-order valence-corrected chi connectivity index (χ0v) is 11.7. The molecule has 1 nitrogen and oxygen atoms in total. The van der Waals surface area contributed by atoms with Crippen LogP contribution in [0.4, 0.5) is 13.2 Å². The summed E-state index contributed by atoms with van der Waals surface area (Å²) in [5.74, 6) is -2.78. The SMILES string of the molecule is Fc1ccc(Oc2cc(Br)cc(F)c2F)c(CCl)c1. The fourth-order valence-corrected chi connectivity index (χ4v) is 2.09. The number of ether oxygens (including phenoxy) is 1. The Labute approximate surface area is 121 Å². The van der Waals surface area contributed by atoms with E-state index in [1.165, 1.54) is 18.2 Å². The minimum absolute atomic E-state index is 0.00873. The molecular weight excluding hydrogens is 344 g/mol. The molecule has 100 valence electrons. The van der Waals surface area contributed by atoms with Gasteiger partial charge < -0.3 is 4.74 Å². The third-order valence-corrected chi connectivity index (χ3v) is 3.09. The maximum atomic E-state index is 13.6. The van der Waals surface area contributed by atoms with E-state index >= 15 is 0 Å². The fourth-order valence-electron chi connectivity index (χ4n) is 1.48. The van der Waals surface area contributed by atoms with Gasteiger partial charge in [0.05, 0.1) is 5.88 Å². The summed E-state index contributed by atoms with van der Waals surface area (Å²) in [6.07, 6.45) is 0. The van der Waals surface area contributed by atoms with Gasteiger partial charge >= 0.3 is 0 Å². The number of halogens is 5. The summed E-state index contributed by atoms with van der Waals surface area (Å²) in [4.78, 5) is 0. The Bertz CT molecular complexity index is 619. The standard InChI is InChI=1S/C13H7BrClF3O/c14-8-4-10(17)13(18)12(5-8)19-11-2-1-9(16)3-7(11)6-15/h1-5H,6H2. The van der Waals surface area contributed by atoms with Gasteiger partial charge in [0.15, 0.2) is 11.6 Å². The molecule has 2 aromatic rings. The van der Waals surface area contributed by atoms with Crippen molar-refractivity contribution in [2.75, 3.05) is 0 Å². The van der Waals surface area contributed by atoms with Gasteiger partial charge in [0.1, 0.15) is 11.6 Å². The van der Waals surface area contributed by atoms with Gasteiger partial charge in [-0.05, 0) is 30.3 Å². The van der Waals surface area contributed by atoms with Crippen molar-refractivity contribution in [3.63, 3.8) is 0 Å². The van der Waals surface area contributed by atoms with Gasteiger partial charge in [-0.1, -0.05) is 15.9 Å². The van der Waals surface area contributed by atoms with E-state index in [1.807, 2.05) is 0 Å². The molecule has 2 aromatic carbocycles. The van der Waals surface area contributed by atoms with E-state index in [2.05, 4.69) is 15.9 Å². The van der Waals surface area contributed by atoms with E-state index in [0.29, 0.717) is 10.0 Å². The predicted octanol–water partition coefficient (Wildman–Crippen LogP) is 5.40. The van der Waals surface area contributed by atoms with Gasteiger partial charge in [-0.25, -0.2) is 8.78 Å². The Kier molecular flexibility index (Phi) is 4.37. The van der Waals surface area contributed by atoms with Crippen LogP contribution in [0.15, 0.2) is 34.8 Å². The summed E-state index contributed by atoms with van der Waals surface area (Å²) >= 11 is 8.68. The average Bonchev–Trinajstić information content (AvgIpc) is 2.37. The van der Waals surface area contributed by atoms with Crippen molar-refractivity contribution in [1.29, 1.82) is 0 Å². The minimum Gasteiger partial charge on any atom is -0.454 e. The van der Waals surface area contributed by atoms with Crippen LogP contribution >= 0.6 is 27.5 Å². The lowest BCUT2D eigenvalue weighted by atomic mass is 10.2. The van der Waals surface area contributed by atoms with Gasteiger partial charge in [0, 0.05) is 10.0 Å². The number of benzene rings is 2. The molecule has 0 radical (unpaired) electrons. The van der Waals surface area contributed by atoms with E-state index in [9.17, 15) is 13.2 Å². The highest BCUT2D eigenvalue weighted by Crippen LogP contribution is 2.32. The summed E-state index contributed by atoms with van der Waals surface area (Å²) in [5, 5.41) is 0. The first-order chi connectivity index (χ1) is 9.01. The molecule has 0 N–H and O–H groups in total. The fraction of sp³-hybridized carbons (Fsp3) is 0.0769. The molecule has 0 heterocycles. The quantitative estimate of drug-likeness (QED) is 0.531. The topological polar surface area (TPSA) is 9.23 Å². The highest BCUT2D eigenvalue weighted by atomic mass is 79.9. The Morgan fingerprint density at radius 1 is 1.05 bits per heavy atom. The average molecular weight is 352 g/mol. The first kappa shape index (κ1) is 14.2. The highest BCUT2D eigenvalue weighted by molar-refractivity contribution is 9.10. The maximum absolute atomic E-state index is 13.6. The largest absolute Gasteiger partial charge is 0.454 e. The van der Waals surface area contributed by atoms with Crippen LogP contribution in [0, 0.1) is 17.5 Å². The van der Waals surface area contributed by atoms with Crippen LogP contribution in [-0.2, 0) is 5.88 Å². The molecular formula is C13H7BrClF3O. The van der Waals surface area contributed by atoms with Crippen molar-refractivity contribution in [3.8, 4) is 11.5 Å². The first-order valence-corrected chi connectivity index (χ1v) is 6.51. The lowest BCUT2D eigenvalue weighted by molar-refractivity contribution is 0.412. The molecule has 0 aliphatic rings. The molecule has 0 atom stereocenters. The zero-order chi connectivity index (χ0) is 14.0. The first-order valence-electron chi connectivity index (χ1n) is 5.18.